The lowest BCUT2D eigenvalue weighted by Crippen LogP contribution is -2.11. The summed E-state index contributed by atoms with van der Waals surface area (Å²) in [5.41, 5.74) is 5.50. The van der Waals surface area contributed by atoms with Crippen molar-refractivity contribution in [1.82, 2.24) is 0 Å². The Bertz CT molecular complexity index is 288. The molecular weight excluding hydrogens is 258 g/mol. The van der Waals surface area contributed by atoms with Crippen molar-refractivity contribution in [3.8, 4) is 12.1 Å². The van der Waals surface area contributed by atoms with Crippen LogP contribution in [-0.4, -0.2) is 6.54 Å². The Kier molecular flexibility index (Phi) is 16.1. The quantitative estimate of drug-likeness (QED) is 0.428. The van der Waals surface area contributed by atoms with Gasteiger partial charge in [0.05, 0.1) is 18.1 Å². The highest BCUT2D eigenvalue weighted by molar-refractivity contribution is 4.82. The topological polar surface area (TPSA) is 73.6 Å². The van der Waals surface area contributed by atoms with Crippen LogP contribution < -0.4 is 5.73 Å². The molecule has 3 nitrogen and oxygen atoms in total. The summed E-state index contributed by atoms with van der Waals surface area (Å²) in [4.78, 5) is 0. The zero-order valence-electron chi connectivity index (χ0n) is 13.7. The van der Waals surface area contributed by atoms with Gasteiger partial charge in [0.25, 0.3) is 0 Å². The number of rotatable bonds is 15. The van der Waals surface area contributed by atoms with Crippen LogP contribution in [0, 0.1) is 28.6 Å². The Labute approximate surface area is 131 Å². The molecule has 0 fully saturated rings. The highest BCUT2D eigenvalue weighted by Crippen LogP contribution is 2.14. The van der Waals surface area contributed by atoms with Gasteiger partial charge in [-0.3, -0.25) is 0 Å². The molecule has 0 aliphatic rings. The van der Waals surface area contributed by atoms with Crippen LogP contribution in [0.25, 0.3) is 0 Å². The first-order valence-electron chi connectivity index (χ1n) is 8.81. The van der Waals surface area contributed by atoms with Crippen molar-refractivity contribution >= 4 is 0 Å². The van der Waals surface area contributed by atoms with Gasteiger partial charge < -0.3 is 5.73 Å². The zero-order valence-corrected chi connectivity index (χ0v) is 13.7. The van der Waals surface area contributed by atoms with Gasteiger partial charge in [-0.25, -0.2) is 0 Å². The number of hydrogen-bond donors (Lipinski definition) is 1. The molecule has 0 saturated heterocycles. The molecule has 0 aromatic rings. The molecule has 0 rings (SSSR count). The highest BCUT2D eigenvalue weighted by Gasteiger charge is 2.03. The highest BCUT2D eigenvalue weighted by atomic mass is 14.5. The third-order valence-corrected chi connectivity index (χ3v) is 4.06. The molecule has 0 spiro atoms. The second-order valence-electron chi connectivity index (χ2n) is 6.00. The van der Waals surface area contributed by atoms with Crippen LogP contribution in [0.1, 0.15) is 89.9 Å². The minimum absolute atomic E-state index is 0.0677. The van der Waals surface area contributed by atoms with Crippen LogP contribution in [-0.2, 0) is 0 Å². The maximum Gasteiger partial charge on any atom is 0.0669 e. The fraction of sp³-hybridized carbons (Fsp3) is 0.889. The van der Waals surface area contributed by atoms with Crippen LogP contribution in [0.2, 0.25) is 0 Å². The van der Waals surface area contributed by atoms with Crippen molar-refractivity contribution in [1.29, 1.82) is 10.5 Å². The van der Waals surface area contributed by atoms with Crippen molar-refractivity contribution in [3.05, 3.63) is 0 Å². The molecule has 3 heteroatoms. The van der Waals surface area contributed by atoms with E-state index in [0.717, 1.165) is 25.7 Å². The molecular formula is C18H33N3. The van der Waals surface area contributed by atoms with Crippen LogP contribution in [0.4, 0.5) is 0 Å². The molecule has 0 saturated carbocycles. The molecule has 0 amide bonds. The fourth-order valence-electron chi connectivity index (χ4n) is 2.60. The molecule has 0 heterocycles. The molecule has 0 radical (unpaired) electrons. The standard InChI is InChI=1S/C18H33N3/c19-15-13-11-9-7-5-3-1-2-4-6-8-10-12-14-18(16-20)17-21/h18H,1-14,16,20H2. The maximum atomic E-state index is 8.79. The van der Waals surface area contributed by atoms with Crippen molar-refractivity contribution in [2.75, 3.05) is 6.54 Å². The van der Waals surface area contributed by atoms with Gasteiger partial charge in [0, 0.05) is 13.0 Å². The predicted molar refractivity (Wildman–Crippen MR) is 88.4 cm³/mol. The molecule has 120 valence electrons. The summed E-state index contributed by atoms with van der Waals surface area (Å²) < 4.78 is 0. The van der Waals surface area contributed by atoms with E-state index in [-0.39, 0.29) is 5.92 Å². The van der Waals surface area contributed by atoms with E-state index < -0.39 is 0 Å². The first kappa shape index (κ1) is 19.9. The molecule has 0 aromatic carbocycles. The Balaban J connectivity index is 3.06. The maximum absolute atomic E-state index is 8.79. The Hall–Kier alpha value is -1.06. The van der Waals surface area contributed by atoms with Crippen LogP contribution in [0.15, 0.2) is 0 Å². The second kappa shape index (κ2) is 17.0. The molecule has 0 bridgehead atoms. The van der Waals surface area contributed by atoms with E-state index in [9.17, 15) is 0 Å². The molecule has 0 aliphatic carbocycles. The summed E-state index contributed by atoms with van der Waals surface area (Å²) in [5, 5.41) is 17.2. The van der Waals surface area contributed by atoms with Crippen molar-refractivity contribution < 1.29 is 0 Å². The fourth-order valence-corrected chi connectivity index (χ4v) is 2.60. The third kappa shape index (κ3) is 15.2. The van der Waals surface area contributed by atoms with E-state index in [1.54, 1.807) is 0 Å². The summed E-state index contributed by atoms with van der Waals surface area (Å²) in [7, 11) is 0. The number of nitriles is 2. The zero-order chi connectivity index (χ0) is 15.6. The van der Waals surface area contributed by atoms with Gasteiger partial charge in [0.1, 0.15) is 0 Å². The van der Waals surface area contributed by atoms with Gasteiger partial charge in [-0.1, -0.05) is 70.6 Å². The summed E-state index contributed by atoms with van der Waals surface area (Å²) in [5.74, 6) is 0.0677. The smallest absolute Gasteiger partial charge is 0.0669 e. The lowest BCUT2D eigenvalue weighted by Gasteiger charge is -2.05. The molecule has 0 aliphatic heterocycles. The molecule has 2 N–H and O–H groups in total. The van der Waals surface area contributed by atoms with Crippen LogP contribution in [0.5, 0.6) is 0 Å². The Morgan fingerprint density at radius 2 is 1.10 bits per heavy atom. The van der Waals surface area contributed by atoms with Crippen molar-refractivity contribution in [2.45, 2.75) is 89.9 Å². The van der Waals surface area contributed by atoms with E-state index in [4.69, 9.17) is 16.3 Å². The Morgan fingerprint density at radius 1 is 0.667 bits per heavy atom. The Morgan fingerprint density at radius 3 is 1.48 bits per heavy atom. The largest absolute Gasteiger partial charge is 0.329 e. The number of unbranched alkanes of at least 4 members (excludes halogenated alkanes) is 12. The number of nitrogens with two attached hydrogens (primary N) is 1. The predicted octanol–water partition coefficient (Wildman–Crippen LogP) is 5.07. The molecule has 0 aromatic heterocycles. The second-order valence-corrected chi connectivity index (χ2v) is 6.00. The lowest BCUT2D eigenvalue weighted by atomic mass is 10.0. The van der Waals surface area contributed by atoms with Gasteiger partial charge in [0.2, 0.25) is 0 Å². The van der Waals surface area contributed by atoms with Gasteiger partial charge in [-0.2, -0.15) is 10.5 Å². The van der Waals surface area contributed by atoms with Gasteiger partial charge in [-0.15, -0.1) is 0 Å². The van der Waals surface area contributed by atoms with E-state index in [1.165, 1.54) is 64.2 Å². The average Bonchev–Trinajstić information content (AvgIpc) is 2.51. The van der Waals surface area contributed by atoms with Gasteiger partial charge in [-0.05, 0) is 12.8 Å². The summed E-state index contributed by atoms with van der Waals surface area (Å²) in [6.07, 6.45) is 17.1. The minimum atomic E-state index is 0.0677. The lowest BCUT2D eigenvalue weighted by molar-refractivity contribution is 0.515. The molecule has 1 atom stereocenters. The first-order chi connectivity index (χ1) is 10.3. The third-order valence-electron chi connectivity index (χ3n) is 4.06. The average molecular weight is 291 g/mol. The van der Waals surface area contributed by atoms with Crippen molar-refractivity contribution in [3.63, 3.8) is 0 Å². The number of nitrogens with zero attached hydrogens (tertiary/aromatic N) is 2. The van der Waals surface area contributed by atoms with Gasteiger partial charge in [0.15, 0.2) is 0 Å². The summed E-state index contributed by atoms with van der Waals surface area (Å²) >= 11 is 0. The molecule has 21 heavy (non-hydrogen) atoms. The van der Waals surface area contributed by atoms with E-state index in [1.807, 2.05) is 0 Å². The molecule has 1 unspecified atom stereocenters. The van der Waals surface area contributed by atoms with Gasteiger partial charge >= 0.3 is 0 Å². The summed E-state index contributed by atoms with van der Waals surface area (Å²) in [6, 6.07) is 4.46. The number of hydrogen-bond acceptors (Lipinski definition) is 3. The normalized spacial score (nSPS) is 11.8. The van der Waals surface area contributed by atoms with E-state index >= 15 is 0 Å². The van der Waals surface area contributed by atoms with Crippen LogP contribution >= 0.6 is 0 Å². The van der Waals surface area contributed by atoms with E-state index in [2.05, 4.69) is 12.1 Å². The van der Waals surface area contributed by atoms with E-state index in [0.29, 0.717) is 6.54 Å². The van der Waals surface area contributed by atoms with Crippen molar-refractivity contribution in [2.24, 2.45) is 11.7 Å². The summed E-state index contributed by atoms with van der Waals surface area (Å²) in [6.45, 7) is 0.507. The van der Waals surface area contributed by atoms with Crippen LogP contribution in [0.3, 0.4) is 0 Å². The monoisotopic (exact) mass is 291 g/mol. The minimum Gasteiger partial charge on any atom is -0.329 e. The SMILES string of the molecule is N#CCCCCCCCCCCCCCCC(C#N)CN. The first-order valence-corrected chi connectivity index (χ1v) is 8.81.